The molecule has 0 radical (unpaired) electrons. The molecule has 0 bridgehead atoms. The summed E-state index contributed by atoms with van der Waals surface area (Å²) in [5, 5.41) is 0. The first-order chi connectivity index (χ1) is 28.2. The normalized spacial score (nSPS) is 12.1. The van der Waals surface area contributed by atoms with Gasteiger partial charge in [-0.05, 0) is 31.1 Å². The van der Waals surface area contributed by atoms with Crippen molar-refractivity contribution in [3.05, 3.63) is 0 Å². The molecule has 58 heavy (non-hydrogen) atoms. The van der Waals surface area contributed by atoms with Crippen LogP contribution in [0.2, 0.25) is 0 Å². The largest absolute Gasteiger partial charge is 0.462 e. The third-order valence-corrected chi connectivity index (χ3v) is 11.7. The fourth-order valence-corrected chi connectivity index (χ4v) is 7.81. The third-order valence-electron chi connectivity index (χ3n) is 11.7. The second-order valence-corrected chi connectivity index (χ2v) is 18.8. The lowest BCUT2D eigenvalue weighted by atomic mass is 10.0. The summed E-state index contributed by atoms with van der Waals surface area (Å²) in [6.45, 7) is 11.3. The minimum absolute atomic E-state index is 0.0640. The summed E-state index contributed by atoms with van der Waals surface area (Å²) in [6.07, 6.45) is 45.3. The van der Waals surface area contributed by atoms with E-state index in [0.717, 1.165) is 69.6 Å². The summed E-state index contributed by atoms with van der Waals surface area (Å²) in [5.41, 5.74) is 0. The molecule has 0 aromatic heterocycles. The van der Waals surface area contributed by atoms with Gasteiger partial charge >= 0.3 is 17.9 Å². The molecule has 0 aliphatic rings. The summed E-state index contributed by atoms with van der Waals surface area (Å²) in [7, 11) is 0. The number of rotatable bonds is 46. The van der Waals surface area contributed by atoms with Crippen molar-refractivity contribution < 1.29 is 28.6 Å². The molecule has 0 unspecified atom stereocenters. The van der Waals surface area contributed by atoms with Gasteiger partial charge in [0.25, 0.3) is 0 Å². The molecule has 1 atom stereocenters. The molecule has 6 heteroatoms. The van der Waals surface area contributed by atoms with Crippen molar-refractivity contribution in [2.24, 2.45) is 11.8 Å². The van der Waals surface area contributed by atoms with Crippen molar-refractivity contribution in [2.75, 3.05) is 13.2 Å². The predicted octanol–water partition coefficient (Wildman–Crippen LogP) is 16.5. The Labute approximate surface area is 361 Å². The zero-order valence-electron chi connectivity index (χ0n) is 39.7. The van der Waals surface area contributed by atoms with Crippen LogP contribution in [-0.4, -0.2) is 37.2 Å². The maximum Gasteiger partial charge on any atom is 0.306 e. The Balaban J connectivity index is 4.21. The summed E-state index contributed by atoms with van der Waals surface area (Å²) >= 11 is 0. The van der Waals surface area contributed by atoms with Gasteiger partial charge in [0.05, 0.1) is 0 Å². The SMILES string of the molecule is CCCCCCCCCCCC(=O)OC[C@@H](COC(=O)CCCCCCCCCCCCCCCCCCC(C)C)OC(=O)CCCCCCCCCCCC(C)C. The maximum atomic E-state index is 12.7. The molecule has 0 rings (SSSR count). The van der Waals surface area contributed by atoms with Gasteiger partial charge in [0.15, 0.2) is 6.10 Å². The summed E-state index contributed by atoms with van der Waals surface area (Å²) in [6, 6.07) is 0. The summed E-state index contributed by atoms with van der Waals surface area (Å²) < 4.78 is 16.8. The van der Waals surface area contributed by atoms with Gasteiger partial charge in [-0.25, -0.2) is 0 Å². The molecule has 344 valence electrons. The van der Waals surface area contributed by atoms with E-state index in [2.05, 4.69) is 34.6 Å². The molecule has 0 spiro atoms. The monoisotopic (exact) mass is 821 g/mol. The summed E-state index contributed by atoms with van der Waals surface area (Å²) in [5.74, 6) is 0.807. The highest BCUT2D eigenvalue weighted by molar-refractivity contribution is 5.71. The lowest BCUT2D eigenvalue weighted by Gasteiger charge is -2.18. The van der Waals surface area contributed by atoms with Crippen molar-refractivity contribution in [2.45, 2.75) is 291 Å². The topological polar surface area (TPSA) is 78.9 Å². The molecule has 0 aliphatic carbocycles. The Bertz CT molecular complexity index is 885. The van der Waals surface area contributed by atoms with E-state index in [1.54, 1.807) is 0 Å². The van der Waals surface area contributed by atoms with Crippen LogP contribution in [0, 0.1) is 11.8 Å². The van der Waals surface area contributed by atoms with E-state index in [0.29, 0.717) is 19.3 Å². The minimum Gasteiger partial charge on any atom is -0.462 e. The lowest BCUT2D eigenvalue weighted by Crippen LogP contribution is -2.30. The lowest BCUT2D eigenvalue weighted by molar-refractivity contribution is -0.167. The molecule has 0 aromatic carbocycles. The second-order valence-electron chi connectivity index (χ2n) is 18.8. The molecule has 0 saturated carbocycles. The smallest absolute Gasteiger partial charge is 0.306 e. The Hall–Kier alpha value is -1.59. The molecular weight excluding hydrogens is 721 g/mol. The number of hydrogen-bond acceptors (Lipinski definition) is 6. The fourth-order valence-electron chi connectivity index (χ4n) is 7.81. The van der Waals surface area contributed by atoms with Gasteiger partial charge in [0, 0.05) is 19.3 Å². The quantitative estimate of drug-likeness (QED) is 0.0346. The molecule has 0 aromatic rings. The van der Waals surface area contributed by atoms with Crippen LogP contribution in [0.3, 0.4) is 0 Å². The molecule has 0 fully saturated rings. The van der Waals surface area contributed by atoms with Crippen molar-refractivity contribution in [3.63, 3.8) is 0 Å². The van der Waals surface area contributed by atoms with Crippen molar-refractivity contribution in [1.29, 1.82) is 0 Å². The highest BCUT2D eigenvalue weighted by Crippen LogP contribution is 2.17. The van der Waals surface area contributed by atoms with E-state index in [1.165, 1.54) is 173 Å². The van der Waals surface area contributed by atoms with Gasteiger partial charge < -0.3 is 14.2 Å². The van der Waals surface area contributed by atoms with Gasteiger partial charge in [-0.3, -0.25) is 14.4 Å². The number of ether oxygens (including phenoxy) is 3. The Kier molecular flexibility index (Phi) is 43.7. The first-order valence-electron chi connectivity index (χ1n) is 25.7. The standard InChI is InChI=1S/C52H100O6/c1-6-7-8-9-10-20-27-32-37-42-50(53)56-45-49(58-52(55)44-39-34-29-24-19-22-26-31-36-41-48(4)5)46-57-51(54)43-38-33-28-23-18-16-14-12-11-13-15-17-21-25-30-35-40-47(2)3/h47-49H,6-46H2,1-5H3/t49-/m0/s1. The second kappa shape index (κ2) is 44.9. The van der Waals surface area contributed by atoms with E-state index >= 15 is 0 Å². The molecule has 6 nitrogen and oxygen atoms in total. The Morgan fingerprint density at radius 2 is 0.569 bits per heavy atom. The highest BCUT2D eigenvalue weighted by Gasteiger charge is 2.19. The number of hydrogen-bond donors (Lipinski definition) is 0. The van der Waals surface area contributed by atoms with Gasteiger partial charge in [-0.15, -0.1) is 0 Å². The van der Waals surface area contributed by atoms with E-state index in [4.69, 9.17) is 14.2 Å². The molecular formula is C52H100O6. The van der Waals surface area contributed by atoms with Crippen molar-refractivity contribution in [1.82, 2.24) is 0 Å². The van der Waals surface area contributed by atoms with Crippen molar-refractivity contribution >= 4 is 17.9 Å². The number of esters is 3. The van der Waals surface area contributed by atoms with Gasteiger partial charge in [0.2, 0.25) is 0 Å². The van der Waals surface area contributed by atoms with Crippen molar-refractivity contribution in [3.8, 4) is 0 Å². The predicted molar refractivity (Wildman–Crippen MR) is 247 cm³/mol. The van der Waals surface area contributed by atoms with Crippen LogP contribution in [0.5, 0.6) is 0 Å². The molecule has 0 amide bonds. The van der Waals surface area contributed by atoms with Crippen LogP contribution >= 0.6 is 0 Å². The molecule has 0 N–H and O–H groups in total. The Morgan fingerprint density at radius 3 is 0.845 bits per heavy atom. The van der Waals surface area contributed by atoms with Crippen LogP contribution in [0.25, 0.3) is 0 Å². The molecule has 0 aliphatic heterocycles. The molecule has 0 heterocycles. The average molecular weight is 821 g/mol. The Morgan fingerprint density at radius 1 is 0.328 bits per heavy atom. The fraction of sp³-hybridized carbons (Fsp3) is 0.942. The molecule has 0 saturated heterocycles. The first-order valence-corrected chi connectivity index (χ1v) is 25.7. The van der Waals surface area contributed by atoms with E-state index in [-0.39, 0.29) is 31.1 Å². The average Bonchev–Trinajstić information content (AvgIpc) is 3.19. The maximum absolute atomic E-state index is 12.7. The van der Waals surface area contributed by atoms with Crippen LogP contribution < -0.4 is 0 Å². The van der Waals surface area contributed by atoms with Crippen LogP contribution in [0.4, 0.5) is 0 Å². The van der Waals surface area contributed by atoms with Crippen LogP contribution in [-0.2, 0) is 28.6 Å². The van der Waals surface area contributed by atoms with Gasteiger partial charge in [-0.2, -0.15) is 0 Å². The number of unbranched alkanes of at least 4 members (excludes halogenated alkanes) is 31. The first kappa shape index (κ1) is 56.4. The van der Waals surface area contributed by atoms with Gasteiger partial charge in [0.1, 0.15) is 13.2 Å². The third kappa shape index (κ3) is 45.5. The van der Waals surface area contributed by atoms with Gasteiger partial charge in [-0.1, -0.05) is 247 Å². The number of carbonyl (C=O) groups excluding carboxylic acids is 3. The van der Waals surface area contributed by atoms with E-state index in [9.17, 15) is 14.4 Å². The van der Waals surface area contributed by atoms with Crippen LogP contribution in [0.15, 0.2) is 0 Å². The zero-order valence-corrected chi connectivity index (χ0v) is 39.7. The minimum atomic E-state index is -0.761. The zero-order chi connectivity index (χ0) is 42.6. The summed E-state index contributed by atoms with van der Waals surface area (Å²) in [4.78, 5) is 37.8. The van der Waals surface area contributed by atoms with E-state index < -0.39 is 6.10 Å². The van der Waals surface area contributed by atoms with E-state index in [1.807, 2.05) is 0 Å². The van der Waals surface area contributed by atoms with Crippen LogP contribution in [0.1, 0.15) is 285 Å². The highest BCUT2D eigenvalue weighted by atomic mass is 16.6. The number of carbonyl (C=O) groups is 3.